The van der Waals surface area contributed by atoms with Crippen LogP contribution >= 0.6 is 35.4 Å². The minimum atomic E-state index is -0.527. The molecule has 0 bridgehead atoms. The summed E-state index contributed by atoms with van der Waals surface area (Å²) in [6.07, 6.45) is -0.451. The van der Waals surface area contributed by atoms with Gasteiger partial charge in [-0.3, -0.25) is 30.0 Å². The van der Waals surface area contributed by atoms with E-state index in [4.69, 9.17) is 35.4 Å². The molecule has 1 aromatic rings. The highest BCUT2D eigenvalue weighted by Gasteiger charge is 2.11. The number of amides is 3. The molecule has 1 aromatic carbocycles. The van der Waals surface area contributed by atoms with E-state index in [2.05, 4.69) is 26.2 Å². The maximum atomic E-state index is 11.9. The molecule has 152 valence electrons. The van der Waals surface area contributed by atoms with Crippen LogP contribution in [-0.2, 0) is 23.9 Å². The number of hydrazine groups is 1. The number of hydrogen-bond acceptors (Lipinski definition) is 6. The van der Waals surface area contributed by atoms with Gasteiger partial charge >= 0.3 is 5.97 Å². The van der Waals surface area contributed by atoms with Gasteiger partial charge in [0.25, 0.3) is 0 Å². The second kappa shape index (κ2) is 12.1. The van der Waals surface area contributed by atoms with Crippen LogP contribution in [-0.4, -0.2) is 35.9 Å². The lowest BCUT2D eigenvalue weighted by Gasteiger charge is -2.11. The minimum absolute atomic E-state index is 0.0932. The number of thiocarbonyl (C=S) groups is 1. The molecule has 0 fully saturated rings. The Morgan fingerprint density at radius 2 is 1.61 bits per heavy atom. The van der Waals surface area contributed by atoms with Crippen molar-refractivity contribution < 1.29 is 23.9 Å². The summed E-state index contributed by atoms with van der Waals surface area (Å²) in [5.74, 6) is -1.99. The summed E-state index contributed by atoms with van der Waals surface area (Å²) in [5, 5.41) is 5.40. The summed E-state index contributed by atoms with van der Waals surface area (Å²) >= 11 is 16.5. The third-order valence-electron chi connectivity index (χ3n) is 3.14. The van der Waals surface area contributed by atoms with Crippen molar-refractivity contribution in [3.63, 3.8) is 0 Å². The molecule has 28 heavy (non-hydrogen) atoms. The van der Waals surface area contributed by atoms with Crippen molar-refractivity contribution in [1.82, 2.24) is 16.2 Å². The van der Waals surface area contributed by atoms with Gasteiger partial charge in [0, 0.05) is 24.3 Å². The summed E-state index contributed by atoms with van der Waals surface area (Å²) < 4.78 is 4.41. The van der Waals surface area contributed by atoms with Crippen LogP contribution in [0.5, 0.6) is 0 Å². The molecule has 0 aliphatic heterocycles. The average molecular weight is 449 g/mol. The molecule has 0 spiro atoms. The number of ether oxygens (including phenoxy) is 1. The summed E-state index contributed by atoms with van der Waals surface area (Å²) in [4.78, 5) is 46.1. The minimum Gasteiger partial charge on any atom is -0.469 e. The maximum absolute atomic E-state index is 11.9. The molecule has 0 saturated carbocycles. The van der Waals surface area contributed by atoms with Gasteiger partial charge in [0.2, 0.25) is 17.7 Å². The summed E-state index contributed by atoms with van der Waals surface area (Å²) in [7, 11) is 1.21. The van der Waals surface area contributed by atoms with E-state index in [1.165, 1.54) is 13.2 Å². The fourth-order valence-electron chi connectivity index (χ4n) is 1.76. The Bertz CT molecular complexity index is 775. The molecule has 0 aromatic heterocycles. The predicted molar refractivity (Wildman–Crippen MR) is 108 cm³/mol. The van der Waals surface area contributed by atoms with E-state index in [1.807, 2.05) is 0 Å². The first kappa shape index (κ1) is 23.6. The first-order valence-corrected chi connectivity index (χ1v) is 9.08. The van der Waals surface area contributed by atoms with Gasteiger partial charge in [-0.2, -0.15) is 0 Å². The average Bonchev–Trinajstić information content (AvgIpc) is 2.65. The largest absolute Gasteiger partial charge is 0.469 e. The standard InChI is InChI=1S/C16H18Cl2N4O5S/c1-27-15(26)7-6-13(24)20-16(28)22-21-14(25)5-4-12(23)19-11-3-2-9(17)8-10(11)18/h2-3,8H,4-7H2,1H3,(H,19,23)(H,21,25)(H2,20,22,24,28). The van der Waals surface area contributed by atoms with Crippen LogP contribution in [0, 0.1) is 0 Å². The number of carbonyl (C=O) groups is 4. The van der Waals surface area contributed by atoms with E-state index >= 15 is 0 Å². The molecule has 4 N–H and O–H groups in total. The lowest BCUT2D eigenvalue weighted by molar-refractivity contribution is -0.142. The lowest BCUT2D eigenvalue weighted by Crippen LogP contribution is -2.48. The number of hydrogen-bond donors (Lipinski definition) is 4. The quantitative estimate of drug-likeness (QED) is 0.284. The van der Waals surface area contributed by atoms with Crippen molar-refractivity contribution in [2.24, 2.45) is 0 Å². The third kappa shape index (κ3) is 9.49. The van der Waals surface area contributed by atoms with Crippen LogP contribution < -0.4 is 21.5 Å². The van der Waals surface area contributed by atoms with Crippen molar-refractivity contribution in [2.45, 2.75) is 25.7 Å². The number of carbonyl (C=O) groups excluding carboxylic acids is 4. The number of rotatable bonds is 7. The molecule has 0 aliphatic carbocycles. The zero-order valence-electron chi connectivity index (χ0n) is 14.8. The Balaban J connectivity index is 2.27. The Morgan fingerprint density at radius 1 is 0.964 bits per heavy atom. The SMILES string of the molecule is COC(=O)CCC(=O)NC(=S)NNC(=O)CCC(=O)Nc1ccc(Cl)cc1Cl. The van der Waals surface area contributed by atoms with Gasteiger partial charge in [-0.1, -0.05) is 23.2 Å². The van der Waals surface area contributed by atoms with E-state index < -0.39 is 23.7 Å². The summed E-state index contributed by atoms with van der Waals surface area (Å²) in [6.45, 7) is 0. The maximum Gasteiger partial charge on any atom is 0.306 e. The Morgan fingerprint density at radius 3 is 2.25 bits per heavy atom. The van der Waals surface area contributed by atoms with Crippen molar-refractivity contribution in [3.05, 3.63) is 28.2 Å². The highest BCUT2D eigenvalue weighted by molar-refractivity contribution is 7.80. The second-order valence-electron chi connectivity index (χ2n) is 5.30. The highest BCUT2D eigenvalue weighted by atomic mass is 35.5. The van der Waals surface area contributed by atoms with E-state index in [-0.39, 0.29) is 35.8 Å². The Hall–Kier alpha value is -2.43. The fraction of sp³-hybridized carbons (Fsp3) is 0.312. The van der Waals surface area contributed by atoms with Gasteiger partial charge in [-0.15, -0.1) is 0 Å². The van der Waals surface area contributed by atoms with Gasteiger partial charge < -0.3 is 15.4 Å². The van der Waals surface area contributed by atoms with Crippen molar-refractivity contribution in [1.29, 1.82) is 0 Å². The van der Waals surface area contributed by atoms with Crippen molar-refractivity contribution in [2.75, 3.05) is 12.4 Å². The topological polar surface area (TPSA) is 126 Å². The van der Waals surface area contributed by atoms with Crippen LogP contribution in [0.15, 0.2) is 18.2 Å². The number of halogens is 2. The summed E-state index contributed by atoms with van der Waals surface area (Å²) in [5.41, 5.74) is 4.94. The predicted octanol–water partition coefficient (Wildman–Crippen LogP) is 1.69. The normalized spacial score (nSPS) is 9.82. The van der Waals surface area contributed by atoms with Crippen LogP contribution in [0.4, 0.5) is 5.69 Å². The molecule has 0 aliphatic rings. The van der Waals surface area contributed by atoms with Gasteiger partial charge in [0.1, 0.15) is 0 Å². The Labute approximate surface area is 176 Å². The van der Waals surface area contributed by atoms with E-state index in [0.717, 1.165) is 0 Å². The first-order valence-electron chi connectivity index (χ1n) is 7.91. The molecule has 0 atom stereocenters. The van der Waals surface area contributed by atoms with Gasteiger partial charge in [0.05, 0.1) is 24.2 Å². The monoisotopic (exact) mass is 448 g/mol. The molecule has 1 rings (SSSR count). The molecule has 12 heteroatoms. The molecule has 0 saturated heterocycles. The lowest BCUT2D eigenvalue weighted by atomic mass is 10.2. The van der Waals surface area contributed by atoms with E-state index in [1.54, 1.807) is 12.1 Å². The number of benzene rings is 1. The molecule has 0 radical (unpaired) electrons. The van der Waals surface area contributed by atoms with Crippen LogP contribution in [0.1, 0.15) is 25.7 Å². The molecule has 9 nitrogen and oxygen atoms in total. The van der Waals surface area contributed by atoms with Crippen LogP contribution in [0.2, 0.25) is 10.0 Å². The number of anilines is 1. The molecular formula is C16H18Cl2N4O5S. The fourth-order valence-corrected chi connectivity index (χ4v) is 2.38. The summed E-state index contributed by atoms with van der Waals surface area (Å²) in [6, 6.07) is 4.60. The first-order chi connectivity index (χ1) is 13.2. The van der Waals surface area contributed by atoms with Crippen LogP contribution in [0.3, 0.4) is 0 Å². The molecule has 3 amide bonds. The molecule has 0 unspecified atom stereocenters. The van der Waals surface area contributed by atoms with Gasteiger partial charge in [0.15, 0.2) is 5.11 Å². The van der Waals surface area contributed by atoms with Crippen molar-refractivity contribution >= 4 is 69.9 Å². The van der Waals surface area contributed by atoms with Crippen molar-refractivity contribution in [3.8, 4) is 0 Å². The van der Waals surface area contributed by atoms with Crippen LogP contribution in [0.25, 0.3) is 0 Å². The second-order valence-corrected chi connectivity index (χ2v) is 6.55. The smallest absolute Gasteiger partial charge is 0.306 e. The highest BCUT2D eigenvalue weighted by Crippen LogP contribution is 2.25. The number of nitrogens with one attached hydrogen (secondary N) is 4. The van der Waals surface area contributed by atoms with Gasteiger partial charge in [-0.25, -0.2) is 0 Å². The Kier molecular flexibility index (Phi) is 10.2. The third-order valence-corrected chi connectivity index (χ3v) is 3.89. The zero-order chi connectivity index (χ0) is 21.1. The van der Waals surface area contributed by atoms with E-state index in [9.17, 15) is 19.2 Å². The van der Waals surface area contributed by atoms with Gasteiger partial charge in [-0.05, 0) is 30.4 Å². The molecular weight excluding hydrogens is 431 g/mol. The zero-order valence-corrected chi connectivity index (χ0v) is 17.1. The van der Waals surface area contributed by atoms with E-state index in [0.29, 0.717) is 10.7 Å². The number of methoxy groups -OCH3 is 1. The number of esters is 1. The molecule has 0 heterocycles.